The molecule has 8 rings (SSSR count). The number of amides is 3. The Morgan fingerprint density at radius 2 is 1.41 bits per heavy atom. The van der Waals surface area contributed by atoms with Gasteiger partial charge in [-0.1, -0.05) is 48.5 Å². The van der Waals surface area contributed by atoms with Crippen molar-refractivity contribution in [2.45, 2.75) is 50.5 Å². The zero-order valence-electron chi connectivity index (χ0n) is 27.7. The molecule has 1 saturated heterocycles. The average molecular weight is 670 g/mol. The van der Waals surface area contributed by atoms with Gasteiger partial charge in [0.05, 0.1) is 6.04 Å². The van der Waals surface area contributed by atoms with Crippen LogP contribution in [-0.4, -0.2) is 96.0 Å². The first-order chi connectivity index (χ1) is 23.6. The van der Waals surface area contributed by atoms with Gasteiger partial charge in [0.15, 0.2) is 0 Å². The van der Waals surface area contributed by atoms with Crippen molar-refractivity contribution >= 4 is 34.9 Å². The lowest BCUT2D eigenvalue weighted by atomic mass is 10.0. The molecule has 13 heteroatoms. The maximum absolute atomic E-state index is 13.5. The van der Waals surface area contributed by atoms with Crippen molar-refractivity contribution in [2.24, 2.45) is 11.5 Å². The SMILES string of the molecule is N=C(N)c1ccc(CNC(=O)[C@@H]2Cc3ccc(cc3)NC(O)CCN3CCN(CCC(=O)Nc4ccc(cc4)C[C@@H](N)C(=O)N2)CC3)cc1. The zero-order chi connectivity index (χ0) is 34.8. The molecule has 3 atom stereocenters. The summed E-state index contributed by atoms with van der Waals surface area (Å²) in [6.45, 7) is 5.14. The maximum Gasteiger partial charge on any atom is 0.243 e. The fourth-order valence-corrected chi connectivity index (χ4v) is 5.94. The highest BCUT2D eigenvalue weighted by atomic mass is 16.3. The summed E-state index contributed by atoms with van der Waals surface area (Å²) in [5, 5.41) is 30.1. The Bertz CT molecular complexity index is 1570. The van der Waals surface area contributed by atoms with Gasteiger partial charge in [-0.2, -0.15) is 0 Å². The predicted octanol–water partition coefficient (Wildman–Crippen LogP) is 0.965. The van der Waals surface area contributed by atoms with Gasteiger partial charge in [-0.3, -0.25) is 19.8 Å². The monoisotopic (exact) mass is 669 g/mol. The first kappa shape index (κ1) is 35.5. The number of anilines is 2. The largest absolute Gasteiger partial charge is 0.384 e. The Labute approximate surface area is 286 Å². The third-order valence-electron chi connectivity index (χ3n) is 8.96. The van der Waals surface area contributed by atoms with Gasteiger partial charge in [0.2, 0.25) is 17.7 Å². The van der Waals surface area contributed by atoms with Gasteiger partial charge in [0.25, 0.3) is 0 Å². The van der Waals surface area contributed by atoms with E-state index in [0.717, 1.165) is 55.1 Å². The molecule has 3 aromatic carbocycles. The summed E-state index contributed by atoms with van der Waals surface area (Å²) in [5.74, 6) is -0.941. The third kappa shape index (κ3) is 10.8. The lowest BCUT2D eigenvalue weighted by Gasteiger charge is -2.35. The Morgan fingerprint density at radius 1 is 0.816 bits per heavy atom. The minimum Gasteiger partial charge on any atom is -0.384 e. The van der Waals surface area contributed by atoms with E-state index in [-0.39, 0.29) is 37.0 Å². The number of hydrogen-bond acceptors (Lipinski definition) is 9. The number of carbonyl (C=O) groups excluding carboxylic acids is 3. The van der Waals surface area contributed by atoms with E-state index in [4.69, 9.17) is 16.9 Å². The van der Waals surface area contributed by atoms with Crippen LogP contribution in [-0.2, 0) is 33.8 Å². The Kier molecular flexibility index (Phi) is 12.3. The number of nitrogens with two attached hydrogens (primary N) is 2. The van der Waals surface area contributed by atoms with Crippen LogP contribution in [0.4, 0.5) is 11.4 Å². The normalized spacial score (nSPS) is 24.0. The predicted molar refractivity (Wildman–Crippen MR) is 190 cm³/mol. The molecule has 10 N–H and O–H groups in total. The summed E-state index contributed by atoms with van der Waals surface area (Å²) in [6.07, 6.45) is 0.663. The molecule has 0 radical (unpaired) electrons. The van der Waals surface area contributed by atoms with Gasteiger partial charge >= 0.3 is 0 Å². The van der Waals surface area contributed by atoms with Crippen LogP contribution in [0.25, 0.3) is 0 Å². The molecule has 5 aliphatic rings. The molecule has 260 valence electrons. The number of amidine groups is 1. The van der Waals surface area contributed by atoms with E-state index in [2.05, 4.69) is 31.1 Å². The second kappa shape index (κ2) is 17.0. The second-order valence-electron chi connectivity index (χ2n) is 12.7. The number of nitrogens with zero attached hydrogens (tertiary/aromatic N) is 2. The molecule has 0 aliphatic carbocycles. The van der Waals surface area contributed by atoms with E-state index in [1.54, 1.807) is 36.4 Å². The highest BCUT2D eigenvalue weighted by Crippen LogP contribution is 2.16. The molecule has 49 heavy (non-hydrogen) atoms. The van der Waals surface area contributed by atoms with E-state index in [0.29, 0.717) is 30.6 Å². The molecule has 5 aliphatic heterocycles. The van der Waals surface area contributed by atoms with Crippen LogP contribution in [0.2, 0.25) is 0 Å². The summed E-state index contributed by atoms with van der Waals surface area (Å²) in [6, 6.07) is 19.9. The number of fused-ring (bicyclic) bond motifs is 3. The summed E-state index contributed by atoms with van der Waals surface area (Å²) >= 11 is 0. The van der Waals surface area contributed by atoms with Crippen molar-refractivity contribution in [3.8, 4) is 0 Å². The Hall–Kier alpha value is -4.82. The topological polar surface area (TPSA) is 202 Å². The number of aliphatic hydroxyl groups is 1. The van der Waals surface area contributed by atoms with Crippen molar-refractivity contribution in [3.63, 3.8) is 0 Å². The van der Waals surface area contributed by atoms with Crippen LogP contribution in [0.3, 0.4) is 0 Å². The quantitative estimate of drug-likeness (QED) is 0.147. The number of nitrogen functional groups attached to an aromatic ring is 1. The number of carbonyl (C=O) groups is 3. The summed E-state index contributed by atoms with van der Waals surface area (Å²) in [5.41, 5.74) is 16.3. The number of hydrogen-bond donors (Lipinski definition) is 8. The van der Waals surface area contributed by atoms with Crippen LogP contribution in [0.1, 0.15) is 35.1 Å². The first-order valence-electron chi connectivity index (χ1n) is 16.8. The van der Waals surface area contributed by atoms with Gasteiger partial charge < -0.3 is 47.6 Å². The first-order valence-corrected chi connectivity index (χ1v) is 16.8. The van der Waals surface area contributed by atoms with Crippen molar-refractivity contribution in [3.05, 3.63) is 95.1 Å². The van der Waals surface area contributed by atoms with Crippen molar-refractivity contribution in [1.29, 1.82) is 5.41 Å². The van der Waals surface area contributed by atoms with E-state index in [9.17, 15) is 19.5 Å². The summed E-state index contributed by atoms with van der Waals surface area (Å²) in [4.78, 5) is 44.0. The lowest BCUT2D eigenvalue weighted by Crippen LogP contribution is -2.52. The van der Waals surface area contributed by atoms with Gasteiger partial charge in [-0.05, 0) is 47.4 Å². The fourth-order valence-electron chi connectivity index (χ4n) is 5.94. The van der Waals surface area contributed by atoms with Crippen LogP contribution in [0, 0.1) is 5.41 Å². The number of rotatable bonds is 4. The van der Waals surface area contributed by atoms with Crippen LogP contribution >= 0.6 is 0 Å². The molecule has 6 bridgehead atoms. The Morgan fingerprint density at radius 3 is 2.04 bits per heavy atom. The van der Waals surface area contributed by atoms with Crippen LogP contribution < -0.4 is 32.7 Å². The smallest absolute Gasteiger partial charge is 0.243 e. The minimum absolute atomic E-state index is 0.0396. The maximum atomic E-state index is 13.5. The number of aliphatic hydroxyl groups excluding tert-OH is 1. The van der Waals surface area contributed by atoms with E-state index in [1.165, 1.54) is 0 Å². The van der Waals surface area contributed by atoms with Gasteiger partial charge in [-0.15, -0.1) is 0 Å². The molecule has 0 saturated carbocycles. The molecule has 0 aromatic heterocycles. The van der Waals surface area contributed by atoms with E-state index >= 15 is 0 Å². The third-order valence-corrected chi connectivity index (χ3v) is 8.96. The van der Waals surface area contributed by atoms with Crippen molar-refractivity contribution < 1.29 is 19.5 Å². The lowest BCUT2D eigenvalue weighted by molar-refractivity contribution is -0.129. The summed E-state index contributed by atoms with van der Waals surface area (Å²) < 4.78 is 0. The molecule has 13 nitrogen and oxygen atoms in total. The van der Waals surface area contributed by atoms with Gasteiger partial charge in [0, 0.05) is 82.0 Å². The molecule has 0 spiro atoms. The number of benzene rings is 3. The molecule has 1 fully saturated rings. The van der Waals surface area contributed by atoms with Gasteiger partial charge in [0.1, 0.15) is 18.1 Å². The molecule has 3 aromatic rings. The molecule has 1 unspecified atom stereocenters. The average Bonchev–Trinajstić information content (AvgIpc) is 3.10. The Balaban J connectivity index is 1.29. The van der Waals surface area contributed by atoms with Crippen LogP contribution in [0.15, 0.2) is 72.8 Å². The van der Waals surface area contributed by atoms with Crippen molar-refractivity contribution in [2.75, 3.05) is 49.9 Å². The fraction of sp³-hybridized carbons (Fsp3) is 0.389. The number of piperazine rings is 1. The van der Waals surface area contributed by atoms with E-state index in [1.807, 2.05) is 36.4 Å². The standard InChI is InChI=1S/C36H47N9O4/c37-30-21-24-3-9-28(10-4-24)41-32(46)13-15-44-17-19-45(20-18-44)16-14-33(47)42-29-11-5-25(6-12-29)22-31(43-35(30)48)36(49)40-23-26-1-7-27(8-2-26)34(38)39/h1-12,30-31,33,42,47H,13-23,37H2,(H3,38,39)(H,40,49)(H,41,46)(H,43,48)/t30-,31+,33?/m1/s1. The molecular weight excluding hydrogens is 622 g/mol. The highest BCUT2D eigenvalue weighted by Gasteiger charge is 2.25. The van der Waals surface area contributed by atoms with E-state index < -0.39 is 24.2 Å². The number of nitrogens with one attached hydrogen (secondary N) is 5. The molecule has 5 heterocycles. The highest BCUT2D eigenvalue weighted by molar-refractivity contribution is 5.95. The summed E-state index contributed by atoms with van der Waals surface area (Å²) in [7, 11) is 0. The molecular formula is C36H47N9O4. The second-order valence-corrected chi connectivity index (χ2v) is 12.7. The minimum atomic E-state index is -0.915. The van der Waals surface area contributed by atoms with Gasteiger partial charge in [-0.25, -0.2) is 0 Å². The van der Waals surface area contributed by atoms with Crippen molar-refractivity contribution in [1.82, 2.24) is 20.4 Å². The van der Waals surface area contributed by atoms with Crippen LogP contribution in [0.5, 0.6) is 0 Å². The molecule has 3 amide bonds. The zero-order valence-corrected chi connectivity index (χ0v) is 27.7.